The van der Waals surface area contributed by atoms with Crippen LogP contribution in [0.15, 0.2) is 27.6 Å². The number of rotatable bonds is 6. The van der Waals surface area contributed by atoms with Crippen LogP contribution in [0.5, 0.6) is 0 Å². The third-order valence-electron chi connectivity index (χ3n) is 2.74. The molecule has 0 aromatic heterocycles. The van der Waals surface area contributed by atoms with Crippen LogP contribution in [0, 0.1) is 5.92 Å². The highest BCUT2D eigenvalue weighted by atomic mass is 79.9. The number of carbonyl (C=O) groups excluding carboxylic acids is 2. The van der Waals surface area contributed by atoms with Crippen molar-refractivity contribution >= 4 is 45.1 Å². The van der Waals surface area contributed by atoms with E-state index in [0.717, 1.165) is 9.37 Å². The molecule has 4 nitrogen and oxygen atoms in total. The Morgan fingerprint density at radius 3 is 2.55 bits per heavy atom. The van der Waals surface area contributed by atoms with Gasteiger partial charge in [0.15, 0.2) is 5.78 Å². The van der Waals surface area contributed by atoms with Crippen LogP contribution in [0.1, 0.15) is 20.8 Å². The van der Waals surface area contributed by atoms with Crippen LogP contribution in [0.4, 0.5) is 5.69 Å². The average Bonchev–Trinajstić information content (AvgIpc) is 2.34. The molecule has 0 aliphatic carbocycles. The summed E-state index contributed by atoms with van der Waals surface area (Å²) in [6.07, 6.45) is 0. The van der Waals surface area contributed by atoms with Crippen LogP contribution < -0.4 is 11.1 Å². The van der Waals surface area contributed by atoms with E-state index in [1.807, 2.05) is 19.9 Å². The molecule has 1 rings (SSSR count). The molecular weight excluding hydrogens is 340 g/mol. The number of nitrogens with two attached hydrogens (primary N) is 1. The zero-order valence-electron chi connectivity index (χ0n) is 11.8. The number of halogens is 1. The Kier molecular flexibility index (Phi) is 6.55. The van der Waals surface area contributed by atoms with Gasteiger partial charge in [0.1, 0.15) is 0 Å². The molecule has 1 atom stereocenters. The number of ketones is 1. The first-order valence-corrected chi connectivity index (χ1v) is 8.06. The smallest absolute Gasteiger partial charge is 0.230 e. The lowest BCUT2D eigenvalue weighted by molar-refractivity contribution is -0.126. The number of amides is 1. The van der Waals surface area contributed by atoms with Gasteiger partial charge in [-0.15, -0.1) is 11.8 Å². The van der Waals surface area contributed by atoms with E-state index >= 15 is 0 Å². The van der Waals surface area contributed by atoms with Gasteiger partial charge in [-0.1, -0.05) is 13.8 Å². The first kappa shape index (κ1) is 17.0. The first-order chi connectivity index (χ1) is 9.31. The lowest BCUT2D eigenvalue weighted by Crippen LogP contribution is -2.44. The zero-order chi connectivity index (χ0) is 15.3. The van der Waals surface area contributed by atoms with Gasteiger partial charge in [0.2, 0.25) is 5.91 Å². The third-order valence-corrected chi connectivity index (χ3v) is 4.73. The Morgan fingerprint density at radius 2 is 2.05 bits per heavy atom. The number of carbonyl (C=O) groups is 2. The van der Waals surface area contributed by atoms with Crippen LogP contribution in [0.3, 0.4) is 0 Å². The predicted octanol–water partition coefficient (Wildman–Crippen LogP) is 2.85. The SMILES string of the molecule is CC(=O)C(NC(=O)CSc1ccc(N)cc1Br)C(C)C. The molecule has 0 bridgehead atoms. The highest BCUT2D eigenvalue weighted by Crippen LogP contribution is 2.29. The van der Waals surface area contributed by atoms with E-state index in [9.17, 15) is 9.59 Å². The van der Waals surface area contributed by atoms with Gasteiger partial charge < -0.3 is 11.1 Å². The molecule has 0 radical (unpaired) electrons. The average molecular weight is 359 g/mol. The molecule has 0 aliphatic heterocycles. The number of benzene rings is 1. The second-order valence-electron chi connectivity index (χ2n) is 4.88. The minimum absolute atomic E-state index is 0.0213. The molecule has 0 saturated carbocycles. The van der Waals surface area contributed by atoms with Gasteiger partial charge in [-0.2, -0.15) is 0 Å². The highest BCUT2D eigenvalue weighted by molar-refractivity contribution is 9.10. The summed E-state index contributed by atoms with van der Waals surface area (Å²) >= 11 is 4.81. The highest BCUT2D eigenvalue weighted by Gasteiger charge is 2.20. The van der Waals surface area contributed by atoms with Crippen molar-refractivity contribution in [1.29, 1.82) is 0 Å². The predicted molar refractivity (Wildman–Crippen MR) is 86.7 cm³/mol. The van der Waals surface area contributed by atoms with Crippen molar-refractivity contribution in [2.45, 2.75) is 31.7 Å². The van der Waals surface area contributed by atoms with E-state index in [2.05, 4.69) is 21.2 Å². The molecule has 1 unspecified atom stereocenters. The number of Topliss-reactive ketones (excluding diaryl/α,β-unsaturated/α-hetero) is 1. The van der Waals surface area contributed by atoms with Crippen molar-refractivity contribution < 1.29 is 9.59 Å². The fraction of sp³-hybridized carbons (Fsp3) is 0.429. The van der Waals surface area contributed by atoms with E-state index in [0.29, 0.717) is 5.69 Å². The molecule has 0 heterocycles. The molecule has 1 amide bonds. The summed E-state index contributed by atoms with van der Waals surface area (Å²) in [5.41, 5.74) is 6.33. The lowest BCUT2D eigenvalue weighted by Gasteiger charge is -2.19. The van der Waals surface area contributed by atoms with Gasteiger partial charge in [-0.05, 0) is 47.0 Å². The summed E-state index contributed by atoms with van der Waals surface area (Å²) in [6.45, 7) is 5.32. The quantitative estimate of drug-likeness (QED) is 0.605. The van der Waals surface area contributed by atoms with Crippen molar-refractivity contribution in [3.8, 4) is 0 Å². The van der Waals surface area contributed by atoms with Crippen molar-refractivity contribution in [2.75, 3.05) is 11.5 Å². The Hall–Kier alpha value is -1.01. The number of hydrogen-bond donors (Lipinski definition) is 2. The lowest BCUT2D eigenvalue weighted by atomic mass is 10.0. The maximum atomic E-state index is 11.9. The van der Waals surface area contributed by atoms with E-state index < -0.39 is 6.04 Å². The number of nitrogens with one attached hydrogen (secondary N) is 1. The van der Waals surface area contributed by atoms with E-state index in [-0.39, 0.29) is 23.4 Å². The molecule has 0 saturated heterocycles. The number of hydrogen-bond acceptors (Lipinski definition) is 4. The van der Waals surface area contributed by atoms with Gasteiger partial charge >= 0.3 is 0 Å². The summed E-state index contributed by atoms with van der Waals surface area (Å²) in [6, 6.07) is 5.03. The Morgan fingerprint density at radius 1 is 1.40 bits per heavy atom. The third kappa shape index (κ3) is 5.17. The van der Waals surface area contributed by atoms with Gasteiger partial charge in [0.05, 0.1) is 11.8 Å². The minimum Gasteiger partial charge on any atom is -0.399 e. The summed E-state index contributed by atoms with van der Waals surface area (Å²) < 4.78 is 0.863. The molecule has 0 fully saturated rings. The maximum Gasteiger partial charge on any atom is 0.230 e. The largest absolute Gasteiger partial charge is 0.399 e. The van der Waals surface area contributed by atoms with Gasteiger partial charge in [0.25, 0.3) is 0 Å². The molecule has 6 heteroatoms. The van der Waals surface area contributed by atoms with Crippen LogP contribution in [0.2, 0.25) is 0 Å². The van der Waals surface area contributed by atoms with Gasteiger partial charge in [0, 0.05) is 15.1 Å². The fourth-order valence-electron chi connectivity index (χ4n) is 1.73. The summed E-state index contributed by atoms with van der Waals surface area (Å²) in [5, 5.41) is 2.77. The number of nitrogen functional groups attached to an aromatic ring is 1. The van der Waals surface area contributed by atoms with Crippen molar-refractivity contribution in [3.05, 3.63) is 22.7 Å². The van der Waals surface area contributed by atoms with E-state index in [4.69, 9.17) is 5.73 Å². The standard InChI is InChI=1S/C14H19BrN2O2S/c1-8(2)14(9(3)18)17-13(19)7-20-12-5-4-10(16)6-11(12)15/h4-6,8,14H,7,16H2,1-3H3,(H,17,19). The zero-order valence-corrected chi connectivity index (χ0v) is 14.2. The first-order valence-electron chi connectivity index (χ1n) is 6.29. The Balaban J connectivity index is 2.57. The molecule has 0 aliphatic rings. The Bertz CT molecular complexity index is 506. The molecule has 3 N–H and O–H groups in total. The van der Waals surface area contributed by atoms with Crippen LogP contribution in [-0.2, 0) is 9.59 Å². The number of thioether (sulfide) groups is 1. The topological polar surface area (TPSA) is 72.2 Å². The normalized spacial score (nSPS) is 12.2. The molecule has 1 aromatic carbocycles. The summed E-state index contributed by atoms with van der Waals surface area (Å²) in [4.78, 5) is 24.3. The van der Waals surface area contributed by atoms with Crippen molar-refractivity contribution in [1.82, 2.24) is 5.32 Å². The molecule has 20 heavy (non-hydrogen) atoms. The van der Waals surface area contributed by atoms with Crippen LogP contribution >= 0.6 is 27.7 Å². The van der Waals surface area contributed by atoms with Crippen molar-refractivity contribution in [2.24, 2.45) is 5.92 Å². The van der Waals surface area contributed by atoms with Crippen LogP contribution in [0.25, 0.3) is 0 Å². The monoisotopic (exact) mass is 358 g/mol. The van der Waals surface area contributed by atoms with E-state index in [1.54, 1.807) is 12.1 Å². The summed E-state index contributed by atoms with van der Waals surface area (Å²) in [5.74, 6) is 0.184. The fourth-order valence-corrected chi connectivity index (χ4v) is 3.20. The summed E-state index contributed by atoms with van der Waals surface area (Å²) in [7, 11) is 0. The minimum atomic E-state index is -0.419. The van der Waals surface area contributed by atoms with Gasteiger partial charge in [-0.25, -0.2) is 0 Å². The van der Waals surface area contributed by atoms with Crippen LogP contribution in [-0.4, -0.2) is 23.5 Å². The van der Waals surface area contributed by atoms with Crippen molar-refractivity contribution in [3.63, 3.8) is 0 Å². The molecular formula is C14H19BrN2O2S. The Labute approximate surface area is 132 Å². The molecule has 0 spiro atoms. The van der Waals surface area contributed by atoms with Gasteiger partial charge in [-0.3, -0.25) is 9.59 Å². The maximum absolute atomic E-state index is 11.9. The second kappa shape index (κ2) is 7.69. The molecule has 1 aromatic rings. The number of anilines is 1. The van der Waals surface area contributed by atoms with E-state index in [1.165, 1.54) is 18.7 Å². The second-order valence-corrected chi connectivity index (χ2v) is 6.75. The molecule has 110 valence electrons.